The van der Waals surface area contributed by atoms with E-state index in [1.165, 1.54) is 6.92 Å². The highest BCUT2D eigenvalue weighted by molar-refractivity contribution is 7.17. The number of carbonyl (C=O) groups is 2. The molecule has 2 heterocycles. The first-order valence-corrected chi connectivity index (χ1v) is 7.18. The lowest BCUT2D eigenvalue weighted by Gasteiger charge is -2.26. The molecule has 20 heavy (non-hydrogen) atoms. The van der Waals surface area contributed by atoms with Gasteiger partial charge < -0.3 is 15.2 Å². The van der Waals surface area contributed by atoms with Crippen molar-refractivity contribution in [2.45, 2.75) is 6.92 Å². The Morgan fingerprint density at radius 2 is 2.15 bits per heavy atom. The molecule has 1 aromatic heterocycles. The van der Waals surface area contributed by atoms with Crippen LogP contribution >= 0.6 is 11.3 Å². The van der Waals surface area contributed by atoms with Crippen molar-refractivity contribution in [3.8, 4) is 0 Å². The number of carboxylic acids is 1. The van der Waals surface area contributed by atoms with Crippen LogP contribution in [-0.4, -0.2) is 66.1 Å². The second-order valence-electron chi connectivity index (χ2n) is 4.44. The molecule has 1 aromatic rings. The minimum absolute atomic E-state index is 0.170. The smallest absolute Gasteiger partial charge is 0.356 e. The Hall–Kier alpha value is -1.51. The lowest BCUT2D eigenvalue weighted by molar-refractivity contribution is 0.0398. The van der Waals surface area contributed by atoms with Crippen molar-refractivity contribution in [2.75, 3.05) is 44.7 Å². The Labute approximate surface area is 120 Å². The second kappa shape index (κ2) is 6.78. The number of rotatable bonds is 6. The summed E-state index contributed by atoms with van der Waals surface area (Å²) in [5.41, 5.74) is -0.170. The van der Waals surface area contributed by atoms with Gasteiger partial charge in [0.05, 0.1) is 13.2 Å². The Morgan fingerprint density at radius 3 is 2.70 bits per heavy atom. The molecular formula is C12H17N3O4S. The Kier molecular flexibility index (Phi) is 5.05. The van der Waals surface area contributed by atoms with Gasteiger partial charge in [0, 0.05) is 33.1 Å². The van der Waals surface area contributed by atoms with Crippen LogP contribution in [0.4, 0.5) is 5.13 Å². The van der Waals surface area contributed by atoms with Crippen LogP contribution in [0.1, 0.15) is 27.1 Å². The lowest BCUT2D eigenvalue weighted by atomic mass is 10.3. The fraction of sp³-hybridized carbons (Fsp3) is 0.583. The number of aromatic nitrogens is 1. The van der Waals surface area contributed by atoms with Gasteiger partial charge in [-0.25, -0.2) is 9.78 Å². The van der Waals surface area contributed by atoms with E-state index in [1.807, 2.05) is 0 Å². The number of hydrogen-bond acceptors (Lipinski definition) is 7. The number of hydrogen-bond donors (Lipinski definition) is 2. The van der Waals surface area contributed by atoms with Gasteiger partial charge in [-0.1, -0.05) is 11.3 Å². The van der Waals surface area contributed by atoms with Crippen LogP contribution in [0.15, 0.2) is 0 Å². The van der Waals surface area contributed by atoms with E-state index in [0.29, 0.717) is 11.7 Å². The maximum atomic E-state index is 11.4. The van der Waals surface area contributed by atoms with E-state index in [9.17, 15) is 9.59 Å². The molecule has 1 aliphatic rings. The molecule has 0 amide bonds. The zero-order chi connectivity index (χ0) is 14.5. The molecule has 0 atom stereocenters. The number of thiazole rings is 1. The number of ketones is 1. The van der Waals surface area contributed by atoms with Crippen LogP contribution in [0.3, 0.4) is 0 Å². The van der Waals surface area contributed by atoms with E-state index in [4.69, 9.17) is 9.84 Å². The van der Waals surface area contributed by atoms with Crippen molar-refractivity contribution < 1.29 is 19.4 Å². The van der Waals surface area contributed by atoms with Crippen LogP contribution in [0, 0.1) is 0 Å². The van der Waals surface area contributed by atoms with Gasteiger partial charge in [0.25, 0.3) is 0 Å². The van der Waals surface area contributed by atoms with E-state index in [-0.39, 0.29) is 16.4 Å². The molecule has 0 aliphatic carbocycles. The number of ether oxygens (including phenoxy) is 1. The maximum absolute atomic E-state index is 11.4. The molecule has 0 bridgehead atoms. The highest BCUT2D eigenvalue weighted by Crippen LogP contribution is 2.23. The number of carbonyl (C=O) groups excluding carboxylic acids is 1. The van der Waals surface area contributed by atoms with Gasteiger partial charge in [-0.2, -0.15) is 0 Å². The number of nitrogens with one attached hydrogen (secondary N) is 1. The van der Waals surface area contributed by atoms with Gasteiger partial charge in [-0.15, -0.1) is 0 Å². The summed E-state index contributed by atoms with van der Waals surface area (Å²) in [7, 11) is 0. The minimum Gasteiger partial charge on any atom is -0.476 e. The van der Waals surface area contributed by atoms with Crippen molar-refractivity contribution in [3.05, 3.63) is 10.6 Å². The molecule has 2 N–H and O–H groups in total. The van der Waals surface area contributed by atoms with Gasteiger partial charge in [0.2, 0.25) is 0 Å². The van der Waals surface area contributed by atoms with E-state index >= 15 is 0 Å². The van der Waals surface area contributed by atoms with Crippen molar-refractivity contribution >= 4 is 28.2 Å². The lowest BCUT2D eigenvalue weighted by Crippen LogP contribution is -2.39. The van der Waals surface area contributed by atoms with Gasteiger partial charge in [-0.3, -0.25) is 9.69 Å². The first-order valence-electron chi connectivity index (χ1n) is 6.37. The molecule has 7 nitrogen and oxygen atoms in total. The summed E-state index contributed by atoms with van der Waals surface area (Å²) in [6.07, 6.45) is 0. The maximum Gasteiger partial charge on any atom is 0.356 e. The summed E-state index contributed by atoms with van der Waals surface area (Å²) in [4.78, 5) is 28.8. The average Bonchev–Trinajstić information content (AvgIpc) is 2.85. The fourth-order valence-corrected chi connectivity index (χ4v) is 2.80. The van der Waals surface area contributed by atoms with E-state index in [0.717, 1.165) is 44.2 Å². The standard InChI is InChI=1S/C12H17N3O4S/c1-8(16)10-9(11(17)18)14-12(20-10)13-2-3-15-4-6-19-7-5-15/h2-7H2,1H3,(H,13,14)(H,17,18). The molecule has 0 aromatic carbocycles. The van der Waals surface area contributed by atoms with Crippen LogP contribution in [0.25, 0.3) is 0 Å². The van der Waals surface area contributed by atoms with E-state index in [2.05, 4.69) is 15.2 Å². The summed E-state index contributed by atoms with van der Waals surface area (Å²) < 4.78 is 5.26. The first-order chi connectivity index (χ1) is 9.58. The number of anilines is 1. The largest absolute Gasteiger partial charge is 0.476 e. The molecule has 8 heteroatoms. The molecule has 1 saturated heterocycles. The van der Waals surface area contributed by atoms with E-state index in [1.54, 1.807) is 0 Å². The summed E-state index contributed by atoms with van der Waals surface area (Å²) in [6.45, 7) is 6.13. The highest BCUT2D eigenvalue weighted by Gasteiger charge is 2.20. The molecule has 0 saturated carbocycles. The summed E-state index contributed by atoms with van der Waals surface area (Å²) in [5, 5.41) is 12.5. The van der Waals surface area contributed by atoms with Crippen molar-refractivity contribution in [3.63, 3.8) is 0 Å². The topological polar surface area (TPSA) is 91.8 Å². The summed E-state index contributed by atoms with van der Waals surface area (Å²) in [5.74, 6) is -1.45. The van der Waals surface area contributed by atoms with Gasteiger partial charge >= 0.3 is 5.97 Å². The van der Waals surface area contributed by atoms with Gasteiger partial charge in [-0.05, 0) is 0 Å². The third-order valence-corrected chi connectivity index (χ3v) is 4.07. The average molecular weight is 299 g/mol. The third-order valence-electron chi connectivity index (χ3n) is 2.96. The molecule has 0 radical (unpaired) electrons. The predicted octanol–water partition coefficient (Wildman–Crippen LogP) is 0.788. The highest BCUT2D eigenvalue weighted by atomic mass is 32.1. The zero-order valence-corrected chi connectivity index (χ0v) is 12.0. The monoisotopic (exact) mass is 299 g/mol. The van der Waals surface area contributed by atoms with Crippen molar-refractivity contribution in [1.29, 1.82) is 0 Å². The molecule has 110 valence electrons. The predicted molar refractivity (Wildman–Crippen MR) is 74.8 cm³/mol. The molecule has 2 rings (SSSR count). The quantitative estimate of drug-likeness (QED) is 0.750. The van der Waals surface area contributed by atoms with Crippen molar-refractivity contribution in [1.82, 2.24) is 9.88 Å². The Bertz CT molecular complexity index is 465. The normalized spacial score (nSPS) is 16.1. The second-order valence-corrected chi connectivity index (χ2v) is 5.44. The zero-order valence-electron chi connectivity index (χ0n) is 11.2. The third kappa shape index (κ3) is 3.75. The fourth-order valence-electron chi connectivity index (χ4n) is 1.93. The van der Waals surface area contributed by atoms with E-state index < -0.39 is 5.97 Å². The summed E-state index contributed by atoms with van der Waals surface area (Å²) >= 11 is 1.09. The number of carboxylic acid groups (broad SMARTS) is 1. The van der Waals surface area contributed by atoms with Crippen molar-refractivity contribution in [2.24, 2.45) is 0 Å². The number of aromatic carboxylic acids is 1. The number of nitrogens with zero attached hydrogens (tertiary/aromatic N) is 2. The number of Topliss-reactive ketones (excluding diaryl/α,β-unsaturated/α-hetero) is 1. The number of morpholine rings is 1. The van der Waals surface area contributed by atoms with Gasteiger partial charge in [0.1, 0.15) is 4.88 Å². The first kappa shape index (κ1) is 14.9. The minimum atomic E-state index is -1.17. The van der Waals surface area contributed by atoms with Gasteiger partial charge in [0.15, 0.2) is 16.6 Å². The molecule has 0 spiro atoms. The molecule has 1 aliphatic heterocycles. The SMILES string of the molecule is CC(=O)c1sc(NCCN2CCOCC2)nc1C(=O)O. The van der Waals surface area contributed by atoms with Crippen LogP contribution < -0.4 is 5.32 Å². The van der Waals surface area contributed by atoms with Crippen LogP contribution in [-0.2, 0) is 4.74 Å². The molecule has 1 fully saturated rings. The Balaban J connectivity index is 1.90. The summed E-state index contributed by atoms with van der Waals surface area (Å²) in [6, 6.07) is 0. The van der Waals surface area contributed by atoms with Crippen LogP contribution in [0.2, 0.25) is 0 Å². The molecule has 0 unspecified atom stereocenters. The molecular weight excluding hydrogens is 282 g/mol. The Morgan fingerprint density at radius 1 is 1.45 bits per heavy atom. The van der Waals surface area contributed by atoms with Crippen LogP contribution in [0.5, 0.6) is 0 Å².